The van der Waals surface area contributed by atoms with Crippen LogP contribution in [0.25, 0.3) is 0 Å². The smallest absolute Gasteiger partial charge is 0.374 e. The Morgan fingerprint density at radius 3 is 2.00 bits per heavy atom. The lowest BCUT2D eigenvalue weighted by Crippen LogP contribution is -2.47. The van der Waals surface area contributed by atoms with Crippen LogP contribution in [-0.2, 0) is 24.3 Å². The number of aliphatic hydroxyl groups excluding tert-OH is 1. The van der Waals surface area contributed by atoms with Gasteiger partial charge in [0.25, 0.3) is 0 Å². The van der Waals surface area contributed by atoms with E-state index in [1.54, 1.807) is 36.4 Å². The summed E-state index contributed by atoms with van der Waals surface area (Å²) in [5, 5.41) is 13.9. The summed E-state index contributed by atoms with van der Waals surface area (Å²) < 4.78 is 110. The van der Waals surface area contributed by atoms with Crippen LogP contribution in [0.1, 0.15) is 39.6 Å². The highest BCUT2D eigenvalue weighted by Crippen LogP contribution is 2.40. The average molecular weight is 584 g/mol. The van der Waals surface area contributed by atoms with Crippen molar-refractivity contribution < 1.29 is 40.2 Å². The van der Waals surface area contributed by atoms with E-state index in [1.807, 2.05) is 0 Å². The lowest BCUT2D eigenvalue weighted by atomic mass is 9.77. The van der Waals surface area contributed by atoms with E-state index in [2.05, 4.69) is 17.9 Å². The van der Waals surface area contributed by atoms with Gasteiger partial charge in [0.2, 0.25) is 0 Å². The molecular weight excluding hydrogens is 562 g/mol. The molecule has 0 radical (unpaired) electrons. The number of benzene rings is 4. The van der Waals surface area contributed by atoms with Gasteiger partial charge in [-0.3, -0.25) is 5.32 Å². The fraction of sp³-hybridized carbons (Fsp3) is 0.172. The van der Waals surface area contributed by atoms with E-state index >= 15 is 0 Å². The summed E-state index contributed by atoms with van der Waals surface area (Å²) in [5.74, 6) is -2.79. The average Bonchev–Trinajstić information content (AvgIpc) is 2.87. The van der Waals surface area contributed by atoms with Crippen molar-refractivity contribution in [3.63, 3.8) is 0 Å². The molecule has 0 bridgehead atoms. The van der Waals surface area contributed by atoms with Crippen molar-refractivity contribution in [2.45, 2.75) is 35.4 Å². The number of hydrogen-bond acceptors (Lipinski definition) is 3. The first-order chi connectivity index (χ1) is 18.7. The van der Waals surface area contributed by atoms with Gasteiger partial charge in [0.15, 0.2) is 0 Å². The summed E-state index contributed by atoms with van der Waals surface area (Å²) >= 11 is 4.32. The lowest BCUT2D eigenvalue weighted by molar-refractivity contribution is -0.140. The molecule has 0 spiro atoms. The largest absolute Gasteiger partial charge is 0.419 e. The molecule has 0 amide bonds. The maximum atomic E-state index is 14.7. The van der Waals surface area contributed by atoms with Crippen molar-refractivity contribution >= 4 is 12.6 Å². The third-order valence-corrected chi connectivity index (χ3v) is 6.64. The number of halogens is 8. The van der Waals surface area contributed by atoms with E-state index in [-0.39, 0.29) is 17.5 Å². The minimum absolute atomic E-state index is 0.170. The van der Waals surface area contributed by atoms with E-state index in [0.717, 1.165) is 12.1 Å². The molecule has 2 nitrogen and oxygen atoms in total. The highest BCUT2D eigenvalue weighted by molar-refractivity contribution is 7.80. The fourth-order valence-corrected chi connectivity index (χ4v) is 4.73. The van der Waals surface area contributed by atoms with Crippen molar-refractivity contribution in [3.05, 3.63) is 136 Å². The third kappa shape index (κ3) is 6.48. The number of aliphatic hydroxyl groups is 1. The van der Waals surface area contributed by atoms with Gasteiger partial charge < -0.3 is 5.11 Å². The Balaban J connectivity index is 1.98. The van der Waals surface area contributed by atoms with Crippen molar-refractivity contribution in [1.82, 2.24) is 5.32 Å². The molecule has 4 aromatic rings. The molecule has 0 aliphatic carbocycles. The van der Waals surface area contributed by atoms with Crippen LogP contribution in [0.3, 0.4) is 0 Å². The van der Waals surface area contributed by atoms with E-state index in [9.17, 15) is 40.2 Å². The van der Waals surface area contributed by atoms with E-state index in [4.69, 9.17) is 0 Å². The number of alkyl halides is 6. The van der Waals surface area contributed by atoms with Gasteiger partial charge in [-0.1, -0.05) is 48.5 Å². The van der Waals surface area contributed by atoms with Crippen LogP contribution >= 0.6 is 12.6 Å². The van der Waals surface area contributed by atoms with E-state index in [0.29, 0.717) is 34.7 Å². The maximum Gasteiger partial charge on any atom is 0.419 e. The number of nitrogens with one attached hydrogen (secondary N) is 1. The molecule has 2 atom stereocenters. The van der Waals surface area contributed by atoms with Crippen LogP contribution in [0.4, 0.5) is 35.1 Å². The van der Waals surface area contributed by atoms with Crippen LogP contribution in [-0.4, -0.2) is 5.11 Å². The zero-order valence-corrected chi connectivity index (χ0v) is 21.3. The first kappa shape index (κ1) is 29.6. The Kier molecular flexibility index (Phi) is 8.30. The molecule has 210 valence electrons. The predicted octanol–water partition coefficient (Wildman–Crippen LogP) is 8.06. The Morgan fingerprint density at radius 1 is 0.700 bits per heavy atom. The van der Waals surface area contributed by atoms with Crippen LogP contribution < -0.4 is 5.32 Å². The second kappa shape index (κ2) is 11.2. The fourth-order valence-electron chi connectivity index (χ4n) is 4.51. The predicted molar refractivity (Wildman–Crippen MR) is 136 cm³/mol. The molecule has 11 heteroatoms. The number of rotatable bonds is 7. The SMILES string of the molecule is OC(NC(Cc1ccccc1)(c1cccc(S)c1)c1cc(F)cc(C(F)(F)F)c1)c1ccc(F)c(C(F)(F)F)c1. The normalized spacial score (nSPS) is 14.6. The quantitative estimate of drug-likeness (QED) is 0.117. The first-order valence-corrected chi connectivity index (χ1v) is 12.2. The van der Waals surface area contributed by atoms with Crippen LogP contribution in [0.5, 0.6) is 0 Å². The summed E-state index contributed by atoms with van der Waals surface area (Å²) in [6, 6.07) is 18.2. The van der Waals surface area contributed by atoms with Crippen LogP contribution in [0.15, 0.2) is 95.9 Å². The summed E-state index contributed by atoms with van der Waals surface area (Å²) in [7, 11) is 0. The molecule has 2 unspecified atom stereocenters. The zero-order chi connectivity index (χ0) is 29.3. The molecule has 40 heavy (non-hydrogen) atoms. The monoisotopic (exact) mass is 583 g/mol. The Bertz CT molecular complexity index is 1490. The topological polar surface area (TPSA) is 32.3 Å². The Hall–Kier alpha value is -3.41. The second-order valence-electron chi connectivity index (χ2n) is 9.13. The van der Waals surface area contributed by atoms with Crippen molar-refractivity contribution in [2.24, 2.45) is 0 Å². The van der Waals surface area contributed by atoms with Gasteiger partial charge >= 0.3 is 12.4 Å². The minimum atomic E-state index is -5.08. The number of hydrogen-bond donors (Lipinski definition) is 3. The molecule has 0 heterocycles. The molecule has 0 aliphatic heterocycles. The van der Waals surface area contributed by atoms with Gasteiger partial charge in [-0.2, -0.15) is 26.3 Å². The maximum absolute atomic E-state index is 14.7. The minimum Gasteiger partial charge on any atom is -0.374 e. The summed E-state index contributed by atoms with van der Waals surface area (Å²) in [5.41, 5.74) is -4.68. The first-order valence-electron chi connectivity index (χ1n) is 11.7. The van der Waals surface area contributed by atoms with Crippen LogP contribution in [0, 0.1) is 11.6 Å². The standard InChI is InChI=1S/C29H21F8NOS/c30-22-13-20(12-21(14-22)28(32,33)34)27(16-17-5-2-1-3-6-17,19-7-4-8-23(40)15-19)38-26(39)18-9-10-25(31)24(11-18)29(35,36)37/h1-15,26,38-40H,16H2. The highest BCUT2D eigenvalue weighted by atomic mass is 32.1. The van der Waals surface area contributed by atoms with Crippen LogP contribution in [0.2, 0.25) is 0 Å². The van der Waals surface area contributed by atoms with Gasteiger partial charge in [-0.25, -0.2) is 8.78 Å². The van der Waals surface area contributed by atoms with Gasteiger partial charge in [0, 0.05) is 4.90 Å². The molecule has 0 saturated carbocycles. The molecule has 0 saturated heterocycles. The molecule has 0 fully saturated rings. The van der Waals surface area contributed by atoms with Gasteiger partial charge in [-0.05, 0) is 71.1 Å². The molecule has 2 N–H and O–H groups in total. The van der Waals surface area contributed by atoms with Crippen molar-refractivity contribution in [2.75, 3.05) is 0 Å². The zero-order valence-electron chi connectivity index (χ0n) is 20.4. The highest BCUT2D eigenvalue weighted by Gasteiger charge is 2.41. The van der Waals surface area contributed by atoms with Crippen molar-refractivity contribution in [1.29, 1.82) is 0 Å². The third-order valence-electron chi connectivity index (χ3n) is 6.36. The molecule has 4 rings (SSSR count). The Morgan fingerprint density at radius 2 is 1.38 bits per heavy atom. The van der Waals surface area contributed by atoms with Gasteiger partial charge in [-0.15, -0.1) is 12.6 Å². The summed E-state index contributed by atoms with van der Waals surface area (Å²) in [6.07, 6.45) is -12.1. The lowest BCUT2D eigenvalue weighted by Gasteiger charge is -2.39. The molecule has 0 aliphatic rings. The molecule has 0 aromatic heterocycles. The van der Waals surface area contributed by atoms with Gasteiger partial charge in [0.05, 0.1) is 16.7 Å². The second-order valence-corrected chi connectivity index (χ2v) is 9.64. The van der Waals surface area contributed by atoms with Gasteiger partial charge in [0.1, 0.15) is 17.9 Å². The van der Waals surface area contributed by atoms with E-state index < -0.39 is 52.4 Å². The summed E-state index contributed by atoms with van der Waals surface area (Å²) in [4.78, 5) is 0.375. The van der Waals surface area contributed by atoms with Crippen molar-refractivity contribution in [3.8, 4) is 0 Å². The molecule has 4 aromatic carbocycles. The Labute approximate surface area is 229 Å². The summed E-state index contributed by atoms with van der Waals surface area (Å²) in [6.45, 7) is 0. The number of thiol groups is 1. The van der Waals surface area contributed by atoms with E-state index in [1.165, 1.54) is 18.2 Å². The molecular formula is C29H21F8NOS.